The summed E-state index contributed by atoms with van der Waals surface area (Å²) in [6.07, 6.45) is 1.04. The van der Waals surface area contributed by atoms with Gasteiger partial charge in [0.1, 0.15) is 0 Å². The molecule has 1 N–H and O–H groups in total. The van der Waals surface area contributed by atoms with Crippen molar-refractivity contribution in [2.24, 2.45) is 0 Å². The van der Waals surface area contributed by atoms with Crippen LogP contribution in [0.15, 0.2) is 52.3 Å². The molecule has 118 valence electrons. The minimum Gasteiger partial charge on any atom is -0.279 e. The summed E-state index contributed by atoms with van der Waals surface area (Å²) in [5.74, 6) is 0. The van der Waals surface area contributed by atoms with E-state index < -0.39 is 19.9 Å². The van der Waals surface area contributed by atoms with E-state index in [9.17, 15) is 16.8 Å². The van der Waals surface area contributed by atoms with E-state index >= 15 is 0 Å². The molecule has 22 heavy (non-hydrogen) atoms. The lowest BCUT2D eigenvalue weighted by Crippen LogP contribution is -2.14. The fraction of sp³-hybridized carbons (Fsp3) is 0.200. The van der Waals surface area contributed by atoms with Crippen molar-refractivity contribution in [3.05, 3.63) is 53.6 Å². The lowest BCUT2D eigenvalue weighted by atomic mass is 10.1. The number of rotatable bonds is 4. The molecular weight excluding hydrogens is 322 g/mol. The van der Waals surface area contributed by atoms with E-state index in [1.54, 1.807) is 12.1 Å². The molecule has 2 aromatic rings. The zero-order chi connectivity index (χ0) is 16.5. The van der Waals surface area contributed by atoms with Gasteiger partial charge in [0.2, 0.25) is 0 Å². The van der Waals surface area contributed by atoms with Crippen molar-refractivity contribution < 1.29 is 16.8 Å². The molecule has 0 amide bonds. The van der Waals surface area contributed by atoms with E-state index in [1.807, 2.05) is 19.9 Å². The second kappa shape index (κ2) is 5.73. The van der Waals surface area contributed by atoms with Crippen LogP contribution in [0.4, 0.5) is 5.69 Å². The number of nitrogens with one attached hydrogen (secondary N) is 1. The van der Waals surface area contributed by atoms with Gasteiger partial charge in [-0.2, -0.15) is 0 Å². The summed E-state index contributed by atoms with van der Waals surface area (Å²) in [4.78, 5) is -0.118. The molecule has 0 aromatic heterocycles. The van der Waals surface area contributed by atoms with E-state index in [-0.39, 0.29) is 9.79 Å². The lowest BCUT2D eigenvalue weighted by Gasteiger charge is -2.12. The first-order valence-corrected chi connectivity index (χ1v) is 9.88. The molecule has 0 saturated carbocycles. The Morgan fingerprint density at radius 3 is 2.09 bits per heavy atom. The molecule has 2 rings (SSSR count). The molecule has 0 atom stereocenters. The van der Waals surface area contributed by atoms with E-state index in [0.29, 0.717) is 5.69 Å². The van der Waals surface area contributed by atoms with E-state index in [4.69, 9.17) is 0 Å². The Morgan fingerprint density at radius 1 is 0.864 bits per heavy atom. The second-order valence-electron chi connectivity index (χ2n) is 5.10. The molecular formula is C15H17NO4S2. The number of benzene rings is 2. The molecule has 0 spiro atoms. The Bertz CT molecular complexity index is 916. The van der Waals surface area contributed by atoms with Gasteiger partial charge >= 0.3 is 0 Å². The van der Waals surface area contributed by atoms with Crippen molar-refractivity contribution in [1.82, 2.24) is 0 Å². The van der Waals surface area contributed by atoms with Crippen molar-refractivity contribution in [3.8, 4) is 0 Å². The van der Waals surface area contributed by atoms with Crippen molar-refractivity contribution in [1.29, 1.82) is 0 Å². The minimum absolute atomic E-state index is 0.0312. The predicted molar refractivity (Wildman–Crippen MR) is 86.3 cm³/mol. The minimum atomic E-state index is -3.85. The molecule has 2 aromatic carbocycles. The van der Waals surface area contributed by atoms with Crippen LogP contribution < -0.4 is 4.72 Å². The maximum absolute atomic E-state index is 12.4. The van der Waals surface area contributed by atoms with Crippen LogP contribution in [0.5, 0.6) is 0 Å². The molecule has 7 heteroatoms. The van der Waals surface area contributed by atoms with Gasteiger partial charge in [-0.05, 0) is 49.2 Å². The molecule has 0 unspecified atom stereocenters. The van der Waals surface area contributed by atoms with Crippen LogP contribution in [0.25, 0.3) is 0 Å². The fourth-order valence-electron chi connectivity index (χ4n) is 1.94. The van der Waals surface area contributed by atoms with E-state index in [2.05, 4.69) is 4.72 Å². The van der Waals surface area contributed by atoms with Crippen LogP contribution in [0.2, 0.25) is 0 Å². The summed E-state index contributed by atoms with van der Waals surface area (Å²) in [6, 6.07) is 10.6. The number of sulfonamides is 1. The standard InChI is InChI=1S/C15H17NO4S2/c1-11-6-4-9-15(12(11)2)16-22(19,20)14-8-5-7-13(10-14)21(3,17)18/h4-10,16H,1-3H3. The number of anilines is 1. The summed E-state index contributed by atoms with van der Waals surface area (Å²) in [6.45, 7) is 3.71. The number of hydrogen-bond donors (Lipinski definition) is 1. The Kier molecular flexibility index (Phi) is 4.30. The highest BCUT2D eigenvalue weighted by Gasteiger charge is 2.18. The smallest absolute Gasteiger partial charge is 0.261 e. The van der Waals surface area contributed by atoms with Gasteiger partial charge in [0, 0.05) is 6.26 Å². The quantitative estimate of drug-likeness (QED) is 0.928. The second-order valence-corrected chi connectivity index (χ2v) is 8.80. The fourth-order valence-corrected chi connectivity index (χ4v) is 3.85. The summed E-state index contributed by atoms with van der Waals surface area (Å²) < 4.78 is 50.5. The first-order chi connectivity index (χ1) is 10.1. The topological polar surface area (TPSA) is 80.3 Å². The highest BCUT2D eigenvalue weighted by Crippen LogP contribution is 2.23. The van der Waals surface area contributed by atoms with Gasteiger partial charge in [-0.15, -0.1) is 0 Å². The predicted octanol–water partition coefficient (Wildman–Crippen LogP) is 2.51. The molecule has 5 nitrogen and oxygen atoms in total. The van der Waals surface area contributed by atoms with Gasteiger partial charge in [-0.25, -0.2) is 16.8 Å². The van der Waals surface area contributed by atoms with Gasteiger partial charge in [-0.1, -0.05) is 18.2 Å². The van der Waals surface area contributed by atoms with E-state index in [1.165, 1.54) is 18.2 Å². The summed E-state index contributed by atoms with van der Waals surface area (Å²) in [5.41, 5.74) is 2.26. The van der Waals surface area contributed by atoms with Gasteiger partial charge in [-0.3, -0.25) is 4.72 Å². The van der Waals surface area contributed by atoms with Gasteiger partial charge < -0.3 is 0 Å². The maximum atomic E-state index is 12.4. The lowest BCUT2D eigenvalue weighted by molar-refractivity contribution is 0.599. The van der Waals surface area contributed by atoms with Gasteiger partial charge in [0.05, 0.1) is 15.5 Å². The van der Waals surface area contributed by atoms with Crippen molar-refractivity contribution in [2.75, 3.05) is 11.0 Å². The van der Waals surface area contributed by atoms with Crippen LogP contribution in [0, 0.1) is 13.8 Å². The number of sulfone groups is 1. The monoisotopic (exact) mass is 339 g/mol. The normalized spacial score (nSPS) is 12.1. The average Bonchev–Trinajstić information content (AvgIpc) is 2.43. The molecule has 0 saturated heterocycles. The molecule has 0 aliphatic carbocycles. The first-order valence-electron chi connectivity index (χ1n) is 6.50. The Balaban J connectivity index is 2.46. The third kappa shape index (κ3) is 3.48. The highest BCUT2D eigenvalue weighted by atomic mass is 32.2. The van der Waals surface area contributed by atoms with E-state index in [0.717, 1.165) is 23.4 Å². The summed E-state index contributed by atoms with van der Waals surface area (Å²) in [7, 11) is -7.32. The van der Waals surface area contributed by atoms with Crippen molar-refractivity contribution in [2.45, 2.75) is 23.6 Å². The van der Waals surface area contributed by atoms with Crippen LogP contribution in [0.1, 0.15) is 11.1 Å². The largest absolute Gasteiger partial charge is 0.279 e. The third-order valence-electron chi connectivity index (χ3n) is 3.39. The third-order valence-corrected chi connectivity index (χ3v) is 5.87. The number of hydrogen-bond acceptors (Lipinski definition) is 4. The first kappa shape index (κ1) is 16.5. The molecule has 0 radical (unpaired) electrons. The Morgan fingerprint density at radius 2 is 1.45 bits per heavy atom. The molecule has 0 bridgehead atoms. The molecule has 0 fully saturated rings. The van der Waals surface area contributed by atoms with Crippen molar-refractivity contribution in [3.63, 3.8) is 0 Å². The average molecular weight is 339 g/mol. The summed E-state index contributed by atoms with van der Waals surface area (Å²) in [5, 5.41) is 0. The molecule has 0 aliphatic heterocycles. The Hall–Kier alpha value is -1.86. The van der Waals surface area contributed by atoms with Gasteiger partial charge in [0.15, 0.2) is 9.84 Å². The van der Waals surface area contributed by atoms with Crippen LogP contribution in [0.3, 0.4) is 0 Å². The van der Waals surface area contributed by atoms with Gasteiger partial charge in [0.25, 0.3) is 10.0 Å². The van der Waals surface area contributed by atoms with Crippen molar-refractivity contribution >= 4 is 25.5 Å². The molecule has 0 aliphatic rings. The maximum Gasteiger partial charge on any atom is 0.261 e. The highest BCUT2D eigenvalue weighted by molar-refractivity contribution is 7.93. The molecule has 0 heterocycles. The SMILES string of the molecule is Cc1cccc(NS(=O)(=O)c2cccc(S(C)(=O)=O)c2)c1C. The zero-order valence-corrected chi connectivity index (χ0v) is 14.1. The zero-order valence-electron chi connectivity index (χ0n) is 12.5. The van der Waals surface area contributed by atoms with Crippen LogP contribution in [-0.4, -0.2) is 23.1 Å². The Labute approximate surface area is 131 Å². The number of aryl methyl sites for hydroxylation is 1. The van der Waals surface area contributed by atoms with Crippen LogP contribution in [-0.2, 0) is 19.9 Å². The van der Waals surface area contributed by atoms with Crippen LogP contribution >= 0.6 is 0 Å². The summed E-state index contributed by atoms with van der Waals surface area (Å²) >= 11 is 0.